The van der Waals surface area contributed by atoms with Crippen molar-refractivity contribution in [2.75, 3.05) is 20.8 Å². The van der Waals surface area contributed by atoms with Crippen molar-refractivity contribution in [1.29, 1.82) is 0 Å². The van der Waals surface area contributed by atoms with Crippen LogP contribution >= 0.6 is 0 Å². The van der Waals surface area contributed by atoms with E-state index in [1.54, 1.807) is 14.2 Å². The molecule has 3 nitrogen and oxygen atoms in total. The Morgan fingerprint density at radius 1 is 1.05 bits per heavy atom. The number of hydrogen-bond acceptors (Lipinski definition) is 3. The average molecular weight is 277 g/mol. The van der Waals surface area contributed by atoms with E-state index in [1.807, 2.05) is 12.1 Å². The molecule has 1 fully saturated rings. The van der Waals surface area contributed by atoms with Crippen LogP contribution in [0.1, 0.15) is 33.3 Å². The van der Waals surface area contributed by atoms with Gasteiger partial charge in [-0.3, -0.25) is 0 Å². The summed E-state index contributed by atoms with van der Waals surface area (Å²) in [4.78, 5) is 0. The molecule has 0 aromatic heterocycles. The second-order valence-electron chi connectivity index (χ2n) is 6.80. The Morgan fingerprint density at radius 3 is 2.20 bits per heavy atom. The fourth-order valence-electron chi connectivity index (χ4n) is 3.19. The number of ether oxygens (including phenoxy) is 2. The van der Waals surface area contributed by atoms with Crippen LogP contribution in [0.5, 0.6) is 11.5 Å². The van der Waals surface area contributed by atoms with Crippen molar-refractivity contribution in [3.8, 4) is 11.5 Å². The van der Waals surface area contributed by atoms with Crippen molar-refractivity contribution < 1.29 is 9.47 Å². The second-order valence-corrected chi connectivity index (χ2v) is 6.80. The molecule has 0 saturated heterocycles. The Kier molecular flexibility index (Phi) is 4.01. The maximum atomic E-state index is 5.42. The van der Waals surface area contributed by atoms with Crippen molar-refractivity contribution in [3.05, 3.63) is 23.8 Å². The van der Waals surface area contributed by atoms with Gasteiger partial charge in [0.1, 0.15) is 11.5 Å². The van der Waals surface area contributed by atoms with E-state index in [-0.39, 0.29) is 0 Å². The zero-order valence-corrected chi connectivity index (χ0v) is 13.5. The minimum Gasteiger partial charge on any atom is -0.497 e. The van der Waals surface area contributed by atoms with Crippen LogP contribution in [0.3, 0.4) is 0 Å². The first kappa shape index (κ1) is 15.2. The van der Waals surface area contributed by atoms with Crippen molar-refractivity contribution >= 4 is 0 Å². The van der Waals surface area contributed by atoms with Crippen molar-refractivity contribution in [2.45, 2.75) is 34.2 Å². The molecule has 20 heavy (non-hydrogen) atoms. The Hall–Kier alpha value is -1.22. The highest BCUT2D eigenvalue weighted by molar-refractivity contribution is 5.40. The monoisotopic (exact) mass is 277 g/mol. The van der Waals surface area contributed by atoms with E-state index in [1.165, 1.54) is 5.56 Å². The fraction of sp³-hybridized carbons (Fsp3) is 0.647. The SMILES string of the molecule is COc1ccc(CNCC2C(C)(C)C2(C)C)c(OC)c1. The van der Waals surface area contributed by atoms with Gasteiger partial charge in [-0.15, -0.1) is 0 Å². The summed E-state index contributed by atoms with van der Waals surface area (Å²) < 4.78 is 10.6. The lowest BCUT2D eigenvalue weighted by atomic mass is 10.0. The van der Waals surface area contributed by atoms with E-state index >= 15 is 0 Å². The van der Waals surface area contributed by atoms with Gasteiger partial charge in [-0.05, 0) is 29.4 Å². The number of benzene rings is 1. The van der Waals surface area contributed by atoms with Crippen LogP contribution in [-0.4, -0.2) is 20.8 Å². The largest absolute Gasteiger partial charge is 0.497 e. The summed E-state index contributed by atoms with van der Waals surface area (Å²) >= 11 is 0. The first-order valence-electron chi connectivity index (χ1n) is 7.26. The zero-order chi connectivity index (χ0) is 15.0. The van der Waals surface area contributed by atoms with Crippen LogP contribution in [0.2, 0.25) is 0 Å². The molecule has 112 valence electrons. The molecular formula is C17H27NO2. The minimum absolute atomic E-state index is 0.435. The van der Waals surface area contributed by atoms with Crippen molar-refractivity contribution in [2.24, 2.45) is 16.7 Å². The predicted molar refractivity (Wildman–Crippen MR) is 82.3 cm³/mol. The normalized spacial score (nSPS) is 19.7. The van der Waals surface area contributed by atoms with Gasteiger partial charge in [0.05, 0.1) is 14.2 Å². The van der Waals surface area contributed by atoms with Gasteiger partial charge in [0.15, 0.2) is 0 Å². The lowest BCUT2D eigenvalue weighted by molar-refractivity contribution is 0.389. The smallest absolute Gasteiger partial charge is 0.127 e. The number of rotatable bonds is 6. The molecule has 1 aromatic rings. The molecule has 1 saturated carbocycles. The highest BCUT2D eigenvalue weighted by Gasteiger charge is 2.63. The number of nitrogens with one attached hydrogen (secondary N) is 1. The van der Waals surface area contributed by atoms with Gasteiger partial charge in [0, 0.05) is 18.2 Å². The van der Waals surface area contributed by atoms with E-state index in [0.717, 1.165) is 30.5 Å². The molecule has 1 aromatic carbocycles. The average Bonchev–Trinajstić information content (AvgIpc) is 2.81. The third-order valence-electron chi connectivity index (χ3n) is 5.48. The quantitative estimate of drug-likeness (QED) is 0.863. The lowest BCUT2D eigenvalue weighted by Crippen LogP contribution is -2.19. The second kappa shape index (κ2) is 5.28. The summed E-state index contributed by atoms with van der Waals surface area (Å²) in [6.07, 6.45) is 0. The van der Waals surface area contributed by atoms with Gasteiger partial charge in [-0.1, -0.05) is 33.8 Å². The molecule has 0 aliphatic heterocycles. The molecule has 2 rings (SSSR count). The summed E-state index contributed by atoms with van der Waals surface area (Å²) in [6, 6.07) is 5.97. The molecule has 0 bridgehead atoms. The summed E-state index contributed by atoms with van der Waals surface area (Å²) in [7, 11) is 3.37. The van der Waals surface area contributed by atoms with Gasteiger partial charge in [-0.2, -0.15) is 0 Å². The summed E-state index contributed by atoms with van der Waals surface area (Å²) in [6.45, 7) is 11.3. The van der Waals surface area contributed by atoms with Crippen LogP contribution in [-0.2, 0) is 6.54 Å². The summed E-state index contributed by atoms with van der Waals surface area (Å²) in [5.74, 6) is 2.44. The van der Waals surface area contributed by atoms with E-state index < -0.39 is 0 Å². The Morgan fingerprint density at radius 2 is 1.70 bits per heavy atom. The molecule has 0 amide bonds. The fourth-order valence-corrected chi connectivity index (χ4v) is 3.19. The molecule has 0 heterocycles. The maximum absolute atomic E-state index is 5.42. The molecule has 3 heteroatoms. The standard InChI is InChI=1S/C17H27NO2/c1-16(2)15(17(16,3)4)11-18-10-12-7-8-13(19-5)9-14(12)20-6/h7-9,15,18H,10-11H2,1-6H3. The Labute approximate surface area is 122 Å². The van der Waals surface area contributed by atoms with Gasteiger partial charge in [0.2, 0.25) is 0 Å². The van der Waals surface area contributed by atoms with Crippen LogP contribution in [0.15, 0.2) is 18.2 Å². The molecule has 0 spiro atoms. The Balaban J connectivity index is 1.92. The van der Waals surface area contributed by atoms with Gasteiger partial charge in [0.25, 0.3) is 0 Å². The summed E-state index contributed by atoms with van der Waals surface area (Å²) in [5, 5.41) is 3.57. The summed E-state index contributed by atoms with van der Waals surface area (Å²) in [5.41, 5.74) is 2.04. The van der Waals surface area contributed by atoms with E-state index in [0.29, 0.717) is 10.8 Å². The minimum atomic E-state index is 0.435. The Bertz CT molecular complexity index is 466. The molecular weight excluding hydrogens is 250 g/mol. The molecule has 1 aliphatic carbocycles. The molecule has 0 unspecified atom stereocenters. The molecule has 1 N–H and O–H groups in total. The number of methoxy groups -OCH3 is 2. The van der Waals surface area contributed by atoms with E-state index in [9.17, 15) is 0 Å². The van der Waals surface area contributed by atoms with E-state index in [2.05, 4.69) is 39.1 Å². The van der Waals surface area contributed by atoms with Gasteiger partial charge >= 0.3 is 0 Å². The van der Waals surface area contributed by atoms with Crippen LogP contribution in [0.25, 0.3) is 0 Å². The topological polar surface area (TPSA) is 30.5 Å². The third kappa shape index (κ3) is 2.51. The predicted octanol–water partition coefficient (Wildman–Crippen LogP) is 3.48. The highest BCUT2D eigenvalue weighted by Crippen LogP contribution is 2.67. The van der Waals surface area contributed by atoms with Crippen LogP contribution in [0.4, 0.5) is 0 Å². The first-order valence-corrected chi connectivity index (χ1v) is 7.26. The zero-order valence-electron chi connectivity index (χ0n) is 13.5. The van der Waals surface area contributed by atoms with Crippen molar-refractivity contribution in [1.82, 2.24) is 5.32 Å². The lowest BCUT2D eigenvalue weighted by Gasteiger charge is -2.12. The van der Waals surface area contributed by atoms with Crippen LogP contribution in [0, 0.1) is 16.7 Å². The van der Waals surface area contributed by atoms with Crippen molar-refractivity contribution in [3.63, 3.8) is 0 Å². The molecule has 0 atom stereocenters. The third-order valence-corrected chi connectivity index (χ3v) is 5.48. The molecule has 0 radical (unpaired) electrons. The van der Waals surface area contributed by atoms with E-state index in [4.69, 9.17) is 9.47 Å². The van der Waals surface area contributed by atoms with Gasteiger partial charge < -0.3 is 14.8 Å². The first-order chi connectivity index (χ1) is 9.34. The maximum Gasteiger partial charge on any atom is 0.127 e. The molecule has 1 aliphatic rings. The highest BCUT2D eigenvalue weighted by atomic mass is 16.5. The van der Waals surface area contributed by atoms with Crippen LogP contribution < -0.4 is 14.8 Å². The van der Waals surface area contributed by atoms with Gasteiger partial charge in [-0.25, -0.2) is 0 Å². The number of hydrogen-bond donors (Lipinski definition) is 1.